The van der Waals surface area contributed by atoms with Crippen molar-refractivity contribution in [3.63, 3.8) is 0 Å². The second-order valence-corrected chi connectivity index (χ2v) is 8.09. The van der Waals surface area contributed by atoms with Crippen LogP contribution in [0.15, 0.2) is 0 Å². The fourth-order valence-corrected chi connectivity index (χ4v) is 4.95. The van der Waals surface area contributed by atoms with Crippen LogP contribution in [0.1, 0.15) is 84.0 Å². The molecule has 0 radical (unpaired) electrons. The first kappa shape index (κ1) is 18.1. The van der Waals surface area contributed by atoms with E-state index in [-0.39, 0.29) is 17.3 Å². The lowest BCUT2D eigenvalue weighted by molar-refractivity contribution is -0.524. The quantitative estimate of drug-likeness (QED) is 0.311. The first-order valence-electron chi connectivity index (χ1n) is 10.1. The Morgan fingerprint density at radius 2 is 1.67 bits per heavy atom. The second-order valence-electron chi connectivity index (χ2n) is 8.09. The maximum Gasteiger partial charge on any atom is 0.213 e. The van der Waals surface area contributed by atoms with Crippen LogP contribution in [-0.2, 0) is 9.47 Å². The molecule has 3 aliphatic rings. The molecule has 0 amide bonds. The van der Waals surface area contributed by atoms with Gasteiger partial charge in [0, 0.05) is 23.7 Å². The molecular formula is C19H33NO4. The molecule has 138 valence electrons. The molecule has 3 fully saturated rings. The normalized spacial score (nSPS) is 35.3. The Bertz CT molecular complexity index is 400. The van der Waals surface area contributed by atoms with Gasteiger partial charge in [0.05, 0.1) is 12.2 Å². The van der Waals surface area contributed by atoms with Crippen molar-refractivity contribution < 1.29 is 14.4 Å². The number of nitrogens with zero attached hydrogens (tertiary/aromatic N) is 1. The van der Waals surface area contributed by atoms with Gasteiger partial charge in [-0.1, -0.05) is 32.6 Å². The summed E-state index contributed by atoms with van der Waals surface area (Å²) in [7, 11) is 0. The molecule has 1 saturated heterocycles. The van der Waals surface area contributed by atoms with Crippen molar-refractivity contribution in [2.24, 2.45) is 11.8 Å². The van der Waals surface area contributed by atoms with Crippen LogP contribution in [0.4, 0.5) is 0 Å². The van der Waals surface area contributed by atoms with Crippen molar-refractivity contribution in [1.82, 2.24) is 0 Å². The van der Waals surface area contributed by atoms with Crippen LogP contribution in [0.3, 0.4) is 0 Å². The summed E-state index contributed by atoms with van der Waals surface area (Å²) in [5.41, 5.74) is 0. The summed E-state index contributed by atoms with van der Waals surface area (Å²) in [6, 6.07) is -0.387. The van der Waals surface area contributed by atoms with Crippen LogP contribution in [-0.4, -0.2) is 29.5 Å². The smallest absolute Gasteiger partial charge is 0.213 e. The molecule has 3 unspecified atom stereocenters. The van der Waals surface area contributed by atoms with Gasteiger partial charge >= 0.3 is 0 Å². The molecule has 2 aliphatic carbocycles. The number of fused-ring (bicyclic) bond motifs is 1. The van der Waals surface area contributed by atoms with Crippen LogP contribution in [0.5, 0.6) is 0 Å². The Morgan fingerprint density at radius 3 is 2.29 bits per heavy atom. The zero-order chi connectivity index (χ0) is 16.9. The molecule has 1 heterocycles. The van der Waals surface area contributed by atoms with E-state index >= 15 is 0 Å². The standard InChI is InChI=1S/C19H33NO4/c1-2-3-4-5-6-8-15(20(21)22)9-7-10-19-23-17-12-14-11-16(17)18(13-14)24-19/h14-19H,2-13H2,1H3. The monoisotopic (exact) mass is 339 g/mol. The zero-order valence-corrected chi connectivity index (χ0v) is 15.0. The Morgan fingerprint density at radius 1 is 1.00 bits per heavy atom. The highest BCUT2D eigenvalue weighted by atomic mass is 16.7. The average Bonchev–Trinajstić information content (AvgIpc) is 3.12. The first-order chi connectivity index (χ1) is 11.7. The van der Waals surface area contributed by atoms with Crippen LogP contribution in [0.25, 0.3) is 0 Å². The molecule has 0 spiro atoms. The molecule has 0 aromatic heterocycles. The average molecular weight is 339 g/mol. The highest BCUT2D eigenvalue weighted by Gasteiger charge is 2.51. The van der Waals surface area contributed by atoms with Crippen molar-refractivity contribution >= 4 is 0 Å². The molecule has 1 aliphatic heterocycles. The van der Waals surface area contributed by atoms with E-state index in [9.17, 15) is 10.1 Å². The third-order valence-corrected chi connectivity index (χ3v) is 6.26. The van der Waals surface area contributed by atoms with Gasteiger partial charge < -0.3 is 9.47 Å². The summed E-state index contributed by atoms with van der Waals surface area (Å²) in [6.07, 6.45) is 13.2. The molecule has 5 heteroatoms. The number of rotatable bonds is 11. The third kappa shape index (κ3) is 4.48. The Balaban J connectivity index is 1.32. The predicted molar refractivity (Wildman–Crippen MR) is 92.4 cm³/mol. The minimum atomic E-state index is -0.387. The third-order valence-electron chi connectivity index (χ3n) is 6.26. The molecule has 5 nitrogen and oxygen atoms in total. The van der Waals surface area contributed by atoms with Gasteiger partial charge in [0.1, 0.15) is 0 Å². The van der Waals surface area contributed by atoms with Crippen LogP contribution >= 0.6 is 0 Å². The van der Waals surface area contributed by atoms with E-state index in [1.807, 2.05) is 0 Å². The van der Waals surface area contributed by atoms with Crippen LogP contribution in [0, 0.1) is 22.0 Å². The molecule has 0 aromatic rings. The van der Waals surface area contributed by atoms with E-state index in [0.717, 1.165) is 38.0 Å². The number of hydrogen-bond donors (Lipinski definition) is 0. The Kier molecular flexibility index (Phi) is 6.50. The highest BCUT2D eigenvalue weighted by Crippen LogP contribution is 2.50. The Labute approximate surface area is 145 Å². The van der Waals surface area contributed by atoms with E-state index in [2.05, 4.69) is 6.92 Å². The minimum Gasteiger partial charge on any atom is -0.349 e. The van der Waals surface area contributed by atoms with Gasteiger partial charge in [-0.05, 0) is 44.4 Å². The van der Waals surface area contributed by atoms with Gasteiger partial charge in [-0.3, -0.25) is 10.1 Å². The zero-order valence-electron chi connectivity index (χ0n) is 15.0. The van der Waals surface area contributed by atoms with Crippen LogP contribution in [0.2, 0.25) is 0 Å². The second kappa shape index (κ2) is 8.61. The van der Waals surface area contributed by atoms with E-state index in [1.165, 1.54) is 38.5 Å². The lowest BCUT2D eigenvalue weighted by atomic mass is 9.93. The fraction of sp³-hybridized carbons (Fsp3) is 1.00. The number of hydrogen-bond acceptors (Lipinski definition) is 4. The van der Waals surface area contributed by atoms with E-state index < -0.39 is 0 Å². The molecule has 2 bridgehead atoms. The number of nitro groups is 1. The SMILES string of the molecule is CCCCCCCC(CCCC1OC2CC3CC(O1)C2C3)[N+](=O)[O-]. The van der Waals surface area contributed by atoms with Gasteiger partial charge in [0.25, 0.3) is 0 Å². The van der Waals surface area contributed by atoms with E-state index in [0.29, 0.717) is 24.5 Å². The van der Waals surface area contributed by atoms with Gasteiger partial charge in [-0.25, -0.2) is 0 Å². The van der Waals surface area contributed by atoms with Crippen LogP contribution < -0.4 is 0 Å². The van der Waals surface area contributed by atoms with E-state index in [1.54, 1.807) is 0 Å². The van der Waals surface area contributed by atoms with Crippen molar-refractivity contribution in [2.75, 3.05) is 0 Å². The Hall–Kier alpha value is -0.680. The minimum absolute atomic E-state index is 0.0774. The maximum absolute atomic E-state index is 11.3. The van der Waals surface area contributed by atoms with Gasteiger partial charge in [0.2, 0.25) is 6.04 Å². The molecule has 3 atom stereocenters. The summed E-state index contributed by atoms with van der Waals surface area (Å²) >= 11 is 0. The van der Waals surface area contributed by atoms with Crippen molar-refractivity contribution in [3.05, 3.63) is 10.1 Å². The molecule has 3 rings (SSSR count). The van der Waals surface area contributed by atoms with Crippen molar-refractivity contribution in [2.45, 2.75) is 109 Å². The number of unbranched alkanes of at least 4 members (excludes halogenated alkanes) is 4. The molecule has 0 N–H and O–H groups in total. The molecule has 0 aromatic carbocycles. The summed E-state index contributed by atoms with van der Waals surface area (Å²) in [5, 5.41) is 11.3. The lowest BCUT2D eigenvalue weighted by Crippen LogP contribution is -2.44. The maximum atomic E-state index is 11.3. The van der Waals surface area contributed by atoms with Gasteiger partial charge in [-0.15, -0.1) is 0 Å². The predicted octanol–water partition coefficient (Wildman–Crippen LogP) is 4.70. The van der Waals surface area contributed by atoms with Crippen molar-refractivity contribution in [3.8, 4) is 0 Å². The lowest BCUT2D eigenvalue weighted by Gasteiger charge is -2.40. The summed E-state index contributed by atoms with van der Waals surface area (Å²) in [4.78, 5) is 11.2. The topological polar surface area (TPSA) is 61.6 Å². The fourth-order valence-electron chi connectivity index (χ4n) is 4.95. The van der Waals surface area contributed by atoms with Gasteiger partial charge in [0.15, 0.2) is 6.29 Å². The number of ether oxygens (including phenoxy) is 2. The largest absolute Gasteiger partial charge is 0.349 e. The molecule has 24 heavy (non-hydrogen) atoms. The molecule has 2 saturated carbocycles. The molecular weight excluding hydrogens is 306 g/mol. The summed E-state index contributed by atoms with van der Waals surface area (Å²) in [5.74, 6) is 1.44. The summed E-state index contributed by atoms with van der Waals surface area (Å²) in [6.45, 7) is 2.19. The van der Waals surface area contributed by atoms with Crippen molar-refractivity contribution in [1.29, 1.82) is 0 Å². The summed E-state index contributed by atoms with van der Waals surface area (Å²) < 4.78 is 12.2. The first-order valence-corrected chi connectivity index (χ1v) is 10.1. The van der Waals surface area contributed by atoms with E-state index in [4.69, 9.17) is 9.47 Å². The highest BCUT2D eigenvalue weighted by molar-refractivity contribution is 4.99. The van der Waals surface area contributed by atoms with Gasteiger partial charge in [-0.2, -0.15) is 0 Å².